The van der Waals surface area contributed by atoms with Crippen molar-refractivity contribution in [3.63, 3.8) is 0 Å². The standard InChI is InChI=1S/C11H12F8O3/c1-6(2)7(20)22-5-9(14,15)11(18,19)10(16,17)8(12,13)4-21-3/h1,4-5H2,2-3H3. The lowest BCUT2D eigenvalue weighted by molar-refractivity contribution is -0.374. The molecule has 0 saturated heterocycles. The number of carbonyl (C=O) groups excluding carboxylic acids is 1. The molecule has 0 aromatic carbocycles. The average molecular weight is 344 g/mol. The number of halogens is 8. The second kappa shape index (κ2) is 6.39. The molecule has 0 atom stereocenters. The van der Waals surface area contributed by atoms with Crippen LogP contribution in [0.25, 0.3) is 0 Å². The van der Waals surface area contributed by atoms with Gasteiger partial charge in [0.2, 0.25) is 0 Å². The molecule has 130 valence electrons. The fourth-order valence-corrected chi connectivity index (χ4v) is 1.10. The van der Waals surface area contributed by atoms with Crippen LogP contribution >= 0.6 is 0 Å². The lowest BCUT2D eigenvalue weighted by Crippen LogP contribution is -2.64. The van der Waals surface area contributed by atoms with Gasteiger partial charge in [-0.2, -0.15) is 35.1 Å². The van der Waals surface area contributed by atoms with Crippen LogP contribution in [-0.4, -0.2) is 50.0 Å². The number of rotatable bonds is 8. The van der Waals surface area contributed by atoms with Gasteiger partial charge in [-0.1, -0.05) is 6.58 Å². The van der Waals surface area contributed by atoms with Crippen molar-refractivity contribution < 1.29 is 49.4 Å². The number of hydrogen-bond acceptors (Lipinski definition) is 3. The highest BCUT2D eigenvalue weighted by Gasteiger charge is 2.80. The maximum Gasteiger partial charge on any atom is 0.381 e. The van der Waals surface area contributed by atoms with E-state index < -0.39 is 48.4 Å². The Morgan fingerprint density at radius 2 is 1.27 bits per heavy atom. The van der Waals surface area contributed by atoms with E-state index in [1.807, 2.05) is 0 Å². The van der Waals surface area contributed by atoms with Crippen LogP contribution in [0.2, 0.25) is 0 Å². The van der Waals surface area contributed by atoms with E-state index in [-0.39, 0.29) is 0 Å². The van der Waals surface area contributed by atoms with Crippen LogP contribution in [0.4, 0.5) is 35.1 Å². The van der Waals surface area contributed by atoms with Gasteiger partial charge in [0, 0.05) is 12.7 Å². The SMILES string of the molecule is C=C(C)C(=O)OCC(F)(F)C(F)(F)C(F)(F)C(F)(F)COC. The highest BCUT2D eigenvalue weighted by atomic mass is 19.4. The van der Waals surface area contributed by atoms with Crippen LogP contribution in [0.5, 0.6) is 0 Å². The van der Waals surface area contributed by atoms with Gasteiger partial charge < -0.3 is 9.47 Å². The van der Waals surface area contributed by atoms with Crippen LogP contribution < -0.4 is 0 Å². The minimum Gasteiger partial charge on any atom is -0.456 e. The van der Waals surface area contributed by atoms with E-state index in [4.69, 9.17) is 0 Å². The average Bonchev–Trinajstić information content (AvgIpc) is 2.34. The molecular weight excluding hydrogens is 332 g/mol. The van der Waals surface area contributed by atoms with Gasteiger partial charge in [-0.25, -0.2) is 4.79 Å². The summed E-state index contributed by atoms with van der Waals surface area (Å²) in [6.45, 7) is -0.824. The van der Waals surface area contributed by atoms with Gasteiger partial charge in [-0.15, -0.1) is 0 Å². The number of alkyl halides is 8. The molecule has 0 saturated carbocycles. The summed E-state index contributed by atoms with van der Waals surface area (Å²) in [6.07, 6.45) is 0. The van der Waals surface area contributed by atoms with Crippen molar-refractivity contribution in [2.24, 2.45) is 0 Å². The molecule has 0 aliphatic carbocycles. The minimum absolute atomic E-state index is 0.476. The fraction of sp³-hybridized carbons (Fsp3) is 0.727. The van der Waals surface area contributed by atoms with Crippen molar-refractivity contribution >= 4 is 5.97 Å². The normalized spacial score (nSPS) is 13.9. The number of methoxy groups -OCH3 is 1. The second-order valence-electron chi connectivity index (χ2n) is 4.35. The smallest absolute Gasteiger partial charge is 0.381 e. The van der Waals surface area contributed by atoms with Gasteiger partial charge >= 0.3 is 29.7 Å². The summed E-state index contributed by atoms with van der Waals surface area (Å²) in [7, 11) is 0.495. The van der Waals surface area contributed by atoms with Gasteiger partial charge in [-0.3, -0.25) is 0 Å². The Morgan fingerprint density at radius 1 is 0.909 bits per heavy atom. The van der Waals surface area contributed by atoms with Crippen molar-refractivity contribution in [2.45, 2.75) is 30.6 Å². The third-order valence-electron chi connectivity index (χ3n) is 2.37. The van der Waals surface area contributed by atoms with Crippen LogP contribution in [0.1, 0.15) is 6.92 Å². The van der Waals surface area contributed by atoms with Crippen molar-refractivity contribution in [1.29, 1.82) is 0 Å². The zero-order chi connectivity index (χ0) is 18.0. The summed E-state index contributed by atoms with van der Waals surface area (Å²) in [5.41, 5.74) is -0.476. The van der Waals surface area contributed by atoms with E-state index in [2.05, 4.69) is 16.1 Å². The van der Waals surface area contributed by atoms with Crippen molar-refractivity contribution in [1.82, 2.24) is 0 Å². The molecule has 0 aromatic heterocycles. The first-order valence-electron chi connectivity index (χ1n) is 5.47. The van der Waals surface area contributed by atoms with Gasteiger partial charge in [0.25, 0.3) is 0 Å². The zero-order valence-electron chi connectivity index (χ0n) is 11.4. The minimum atomic E-state index is -6.50. The van der Waals surface area contributed by atoms with E-state index in [1.54, 1.807) is 0 Å². The zero-order valence-corrected chi connectivity index (χ0v) is 11.4. The van der Waals surface area contributed by atoms with Gasteiger partial charge in [0.15, 0.2) is 6.61 Å². The molecule has 0 rings (SSSR count). The molecule has 3 nitrogen and oxygen atoms in total. The largest absolute Gasteiger partial charge is 0.456 e. The van der Waals surface area contributed by atoms with E-state index in [0.29, 0.717) is 7.11 Å². The predicted octanol–water partition coefficient (Wildman–Crippen LogP) is 3.29. The van der Waals surface area contributed by atoms with Gasteiger partial charge in [0.05, 0.1) is 0 Å². The topological polar surface area (TPSA) is 35.5 Å². The Bertz CT molecular complexity index is 433. The molecule has 0 amide bonds. The summed E-state index contributed by atoms with van der Waals surface area (Å²) < 4.78 is 112. The van der Waals surface area contributed by atoms with Crippen LogP contribution in [0, 0.1) is 0 Å². The Labute approximate surface area is 119 Å². The highest BCUT2D eigenvalue weighted by molar-refractivity contribution is 5.86. The Morgan fingerprint density at radius 3 is 1.59 bits per heavy atom. The summed E-state index contributed by atoms with van der Waals surface area (Å²) in [5.74, 6) is -25.8. The molecule has 11 heteroatoms. The fourth-order valence-electron chi connectivity index (χ4n) is 1.10. The number of ether oxygens (including phenoxy) is 2. The molecule has 0 N–H and O–H groups in total. The Balaban J connectivity index is 5.40. The number of carbonyl (C=O) groups is 1. The van der Waals surface area contributed by atoms with Gasteiger partial charge in [-0.05, 0) is 6.92 Å². The molecule has 0 aliphatic heterocycles. The van der Waals surface area contributed by atoms with Crippen molar-refractivity contribution in [3.8, 4) is 0 Å². The predicted molar refractivity (Wildman–Crippen MR) is 57.4 cm³/mol. The van der Waals surface area contributed by atoms with Crippen LogP contribution in [0.15, 0.2) is 12.2 Å². The van der Waals surface area contributed by atoms with E-state index in [9.17, 15) is 39.9 Å². The Hall–Kier alpha value is -1.39. The maximum absolute atomic E-state index is 13.2. The molecule has 0 fully saturated rings. The molecule has 0 heterocycles. The van der Waals surface area contributed by atoms with E-state index >= 15 is 0 Å². The Kier molecular flexibility index (Phi) is 5.98. The van der Waals surface area contributed by atoms with Crippen molar-refractivity contribution in [3.05, 3.63) is 12.2 Å². The highest BCUT2D eigenvalue weighted by Crippen LogP contribution is 2.52. The molecule has 0 spiro atoms. The quantitative estimate of drug-likeness (QED) is 0.385. The van der Waals surface area contributed by atoms with Gasteiger partial charge in [0.1, 0.15) is 6.61 Å². The molecular formula is C11H12F8O3. The second-order valence-corrected chi connectivity index (χ2v) is 4.35. The summed E-state index contributed by atoms with van der Waals surface area (Å²) in [6, 6.07) is 0. The molecule has 0 aromatic rings. The van der Waals surface area contributed by atoms with Crippen molar-refractivity contribution in [2.75, 3.05) is 20.3 Å². The molecule has 0 aliphatic rings. The summed E-state index contributed by atoms with van der Waals surface area (Å²) in [5, 5.41) is 0. The molecule has 0 bridgehead atoms. The first-order chi connectivity index (χ1) is 9.64. The summed E-state index contributed by atoms with van der Waals surface area (Å²) in [4.78, 5) is 10.8. The lowest BCUT2D eigenvalue weighted by atomic mass is 9.99. The third kappa shape index (κ3) is 3.68. The van der Waals surface area contributed by atoms with E-state index in [1.165, 1.54) is 0 Å². The van der Waals surface area contributed by atoms with E-state index in [0.717, 1.165) is 6.92 Å². The third-order valence-corrected chi connectivity index (χ3v) is 2.37. The molecule has 0 unspecified atom stereocenters. The number of esters is 1. The molecule has 0 radical (unpaired) electrons. The monoisotopic (exact) mass is 344 g/mol. The summed E-state index contributed by atoms with van der Waals surface area (Å²) >= 11 is 0. The van der Waals surface area contributed by atoms with Crippen LogP contribution in [0.3, 0.4) is 0 Å². The first-order valence-corrected chi connectivity index (χ1v) is 5.47. The first kappa shape index (κ1) is 20.6. The number of hydrogen-bond donors (Lipinski definition) is 0. The van der Waals surface area contributed by atoms with Crippen LogP contribution in [-0.2, 0) is 14.3 Å². The maximum atomic E-state index is 13.2. The molecule has 22 heavy (non-hydrogen) atoms. The lowest BCUT2D eigenvalue weighted by Gasteiger charge is -2.36.